The minimum absolute atomic E-state index is 0.0311. The molecule has 38 heavy (non-hydrogen) atoms. The predicted molar refractivity (Wildman–Crippen MR) is 148 cm³/mol. The zero-order chi connectivity index (χ0) is 26.9. The Balaban J connectivity index is 1.33. The number of aryl methyl sites for hydroxylation is 1. The van der Waals surface area contributed by atoms with E-state index in [1.807, 2.05) is 35.2 Å². The number of likely N-dealkylation sites (tertiary alicyclic amines) is 1. The van der Waals surface area contributed by atoms with Crippen molar-refractivity contribution in [2.75, 3.05) is 26.7 Å². The number of hydrogen-bond acceptors (Lipinski definition) is 5. The van der Waals surface area contributed by atoms with E-state index in [0.29, 0.717) is 36.9 Å². The second-order valence-corrected chi connectivity index (χ2v) is 10.8. The summed E-state index contributed by atoms with van der Waals surface area (Å²) in [4.78, 5) is 39.8. The maximum Gasteiger partial charge on any atom is 0.306 e. The molecule has 0 aromatic heterocycles. The molecule has 2 aromatic rings. The maximum absolute atomic E-state index is 13.2. The molecule has 1 heterocycles. The maximum atomic E-state index is 13.2. The van der Waals surface area contributed by atoms with Crippen molar-refractivity contribution in [3.05, 3.63) is 71.3 Å². The number of rotatable bonds is 11. The molecule has 2 fully saturated rings. The number of nitrogens with zero attached hydrogens (tertiary/aromatic N) is 1. The van der Waals surface area contributed by atoms with Crippen molar-refractivity contribution in [3.63, 3.8) is 0 Å². The first-order chi connectivity index (χ1) is 18.5. The van der Waals surface area contributed by atoms with Gasteiger partial charge in [0.1, 0.15) is 0 Å². The van der Waals surface area contributed by atoms with Crippen LogP contribution in [-0.2, 0) is 20.7 Å². The number of amides is 2. The van der Waals surface area contributed by atoms with Crippen LogP contribution in [-0.4, -0.2) is 55.5 Å². The molecule has 0 spiro atoms. The van der Waals surface area contributed by atoms with E-state index in [1.165, 1.54) is 31.1 Å². The Morgan fingerprint density at radius 2 is 1.74 bits per heavy atom. The molecule has 0 radical (unpaired) electrons. The molecule has 0 bridgehead atoms. The number of esters is 1. The summed E-state index contributed by atoms with van der Waals surface area (Å²) >= 11 is 0. The van der Waals surface area contributed by atoms with Crippen LogP contribution in [0.1, 0.15) is 72.3 Å². The van der Waals surface area contributed by atoms with Gasteiger partial charge in [0.2, 0.25) is 5.91 Å². The van der Waals surface area contributed by atoms with Gasteiger partial charge in [-0.15, -0.1) is 0 Å². The molecule has 0 unspecified atom stereocenters. The number of methoxy groups -OCH3 is 1. The van der Waals surface area contributed by atoms with Gasteiger partial charge in [-0.05, 0) is 86.6 Å². The van der Waals surface area contributed by atoms with E-state index in [0.717, 1.165) is 32.2 Å². The van der Waals surface area contributed by atoms with Gasteiger partial charge in [0.05, 0.1) is 19.4 Å². The molecule has 7 nitrogen and oxygen atoms in total. The normalized spacial score (nSPS) is 23.3. The summed E-state index contributed by atoms with van der Waals surface area (Å²) in [5, 5.41) is 3.04. The van der Waals surface area contributed by atoms with Gasteiger partial charge in [-0.3, -0.25) is 14.4 Å². The highest BCUT2D eigenvalue weighted by molar-refractivity contribution is 5.94. The van der Waals surface area contributed by atoms with Crippen molar-refractivity contribution < 1.29 is 19.1 Å². The number of nitrogens with one attached hydrogen (secondary N) is 1. The van der Waals surface area contributed by atoms with Gasteiger partial charge in [-0.25, -0.2) is 0 Å². The lowest BCUT2D eigenvalue weighted by atomic mass is 9.78. The highest BCUT2D eigenvalue weighted by Gasteiger charge is 2.40. The molecule has 204 valence electrons. The quantitative estimate of drug-likeness (QED) is 0.436. The second-order valence-electron chi connectivity index (χ2n) is 10.8. The Hall–Kier alpha value is -3.19. The third kappa shape index (κ3) is 7.22. The summed E-state index contributed by atoms with van der Waals surface area (Å²) in [5.74, 6) is 0.219. The van der Waals surface area contributed by atoms with Crippen LogP contribution in [0, 0.1) is 11.8 Å². The Morgan fingerprint density at radius 3 is 2.39 bits per heavy atom. The Kier molecular flexibility index (Phi) is 9.93. The largest absolute Gasteiger partial charge is 0.469 e. The molecule has 1 saturated heterocycles. The summed E-state index contributed by atoms with van der Waals surface area (Å²) in [6.45, 7) is 1.72. The molecule has 1 saturated carbocycles. The molecular weight excluding hydrogens is 478 g/mol. The van der Waals surface area contributed by atoms with E-state index >= 15 is 0 Å². The van der Waals surface area contributed by atoms with Crippen molar-refractivity contribution in [3.8, 4) is 0 Å². The van der Waals surface area contributed by atoms with Gasteiger partial charge in [-0.2, -0.15) is 0 Å². The summed E-state index contributed by atoms with van der Waals surface area (Å²) in [6.07, 6.45) is 6.93. The summed E-state index contributed by atoms with van der Waals surface area (Å²) in [5.41, 5.74) is 8.96. The van der Waals surface area contributed by atoms with Crippen molar-refractivity contribution in [2.24, 2.45) is 17.6 Å². The van der Waals surface area contributed by atoms with Crippen LogP contribution < -0.4 is 11.1 Å². The minimum atomic E-state index is -0.408. The van der Waals surface area contributed by atoms with E-state index in [1.54, 1.807) is 0 Å². The van der Waals surface area contributed by atoms with Crippen LogP contribution in [0.4, 0.5) is 0 Å². The first-order valence-corrected chi connectivity index (χ1v) is 14.0. The average Bonchev–Trinajstić information content (AvgIpc) is 3.25. The molecule has 4 rings (SSSR count). The molecule has 2 aliphatic rings. The van der Waals surface area contributed by atoms with Crippen molar-refractivity contribution in [1.29, 1.82) is 0 Å². The fourth-order valence-corrected chi connectivity index (χ4v) is 5.96. The lowest BCUT2D eigenvalue weighted by Crippen LogP contribution is -2.42. The van der Waals surface area contributed by atoms with Crippen molar-refractivity contribution in [1.82, 2.24) is 10.2 Å². The van der Waals surface area contributed by atoms with E-state index in [9.17, 15) is 14.4 Å². The highest BCUT2D eigenvalue weighted by atomic mass is 16.5. The van der Waals surface area contributed by atoms with Crippen LogP contribution in [0.2, 0.25) is 0 Å². The third-order valence-electron chi connectivity index (χ3n) is 8.30. The number of carbonyl (C=O) groups excluding carboxylic acids is 3. The van der Waals surface area contributed by atoms with Gasteiger partial charge in [0.25, 0.3) is 5.91 Å². The second kappa shape index (κ2) is 13.6. The summed E-state index contributed by atoms with van der Waals surface area (Å²) in [7, 11) is 1.34. The number of benzene rings is 2. The number of hydrogen-bond donors (Lipinski definition) is 2. The lowest BCUT2D eigenvalue weighted by Gasteiger charge is -2.28. The van der Waals surface area contributed by atoms with E-state index in [-0.39, 0.29) is 30.2 Å². The Bertz CT molecular complexity index is 1060. The van der Waals surface area contributed by atoms with E-state index in [2.05, 4.69) is 29.6 Å². The fourth-order valence-electron chi connectivity index (χ4n) is 5.96. The van der Waals surface area contributed by atoms with Gasteiger partial charge in [-0.1, -0.05) is 42.5 Å². The van der Waals surface area contributed by atoms with E-state index in [4.69, 9.17) is 10.5 Å². The number of ether oxygens (including phenoxy) is 1. The van der Waals surface area contributed by atoms with Crippen LogP contribution in [0.3, 0.4) is 0 Å². The first kappa shape index (κ1) is 27.8. The third-order valence-corrected chi connectivity index (χ3v) is 8.30. The zero-order valence-corrected chi connectivity index (χ0v) is 22.4. The molecule has 2 atom stereocenters. The molecule has 2 amide bonds. The van der Waals surface area contributed by atoms with Crippen LogP contribution in [0.5, 0.6) is 0 Å². The first-order valence-electron chi connectivity index (χ1n) is 14.0. The monoisotopic (exact) mass is 519 g/mol. The molecule has 1 aliphatic heterocycles. The van der Waals surface area contributed by atoms with Gasteiger partial charge in [0, 0.05) is 24.7 Å². The fraction of sp³-hybridized carbons (Fsp3) is 0.516. The highest BCUT2D eigenvalue weighted by Crippen LogP contribution is 2.35. The van der Waals surface area contributed by atoms with Gasteiger partial charge >= 0.3 is 5.97 Å². The average molecular weight is 520 g/mol. The number of nitrogens with two attached hydrogens (primary N) is 1. The van der Waals surface area contributed by atoms with E-state index < -0.39 is 5.92 Å². The number of carbonyl (C=O) groups is 3. The van der Waals surface area contributed by atoms with Crippen LogP contribution in [0.25, 0.3) is 0 Å². The standard InChI is InChI=1S/C31H41N3O4/c1-38-29(35)19-27-18-28(34(31(27)37)17-5-8-22-6-3-2-4-7-22)21-33-30(36)26-15-13-25(14-16-26)24-11-9-23(20-32)10-12-24/h2-4,6-7,13-16,23-24,27-28H,5,8-12,17-21,32H2,1H3,(H,33,36)/t23-,24-,27-,28-/m0/s1. The van der Waals surface area contributed by atoms with Crippen molar-refractivity contribution in [2.45, 2.75) is 63.3 Å². The van der Waals surface area contributed by atoms with Crippen molar-refractivity contribution >= 4 is 17.8 Å². The van der Waals surface area contributed by atoms with Gasteiger partial charge < -0.3 is 20.7 Å². The summed E-state index contributed by atoms with van der Waals surface area (Å²) in [6, 6.07) is 18.0. The minimum Gasteiger partial charge on any atom is -0.469 e. The lowest BCUT2D eigenvalue weighted by molar-refractivity contribution is -0.144. The molecular formula is C31H41N3O4. The molecule has 7 heteroatoms. The smallest absolute Gasteiger partial charge is 0.306 e. The van der Waals surface area contributed by atoms with Crippen LogP contribution >= 0.6 is 0 Å². The Labute approximate surface area is 226 Å². The molecule has 3 N–H and O–H groups in total. The van der Waals surface area contributed by atoms with Crippen LogP contribution in [0.15, 0.2) is 54.6 Å². The predicted octanol–water partition coefficient (Wildman–Crippen LogP) is 4.06. The molecule has 2 aromatic carbocycles. The topological polar surface area (TPSA) is 102 Å². The zero-order valence-electron chi connectivity index (χ0n) is 22.4. The Morgan fingerprint density at radius 1 is 1.03 bits per heavy atom. The SMILES string of the molecule is COC(=O)C[C@@H]1C[C@@H](CNC(=O)c2ccc([C@H]3CC[C@H](CN)CC3)cc2)N(CCCc2ccccc2)C1=O. The molecule has 1 aliphatic carbocycles. The van der Waals surface area contributed by atoms with Gasteiger partial charge in [0.15, 0.2) is 0 Å². The summed E-state index contributed by atoms with van der Waals surface area (Å²) < 4.78 is 4.81.